The molecule has 6 nitrogen and oxygen atoms in total. The lowest BCUT2D eigenvalue weighted by molar-refractivity contribution is 0.0953. The monoisotopic (exact) mass is 403 g/mol. The fourth-order valence-electron chi connectivity index (χ4n) is 2.91. The third kappa shape index (κ3) is 5.73. The van der Waals surface area contributed by atoms with Crippen LogP contribution in [0.1, 0.15) is 30.6 Å². The van der Waals surface area contributed by atoms with Crippen LogP contribution < -0.4 is 14.5 Å². The summed E-state index contributed by atoms with van der Waals surface area (Å²) in [6.07, 6.45) is 0.827. The second kappa shape index (κ2) is 10.1. The number of hydrogen-bond donors (Lipinski definition) is 1. The number of amides is 1. The Bertz CT molecular complexity index is 852. The van der Waals surface area contributed by atoms with E-state index in [1.807, 2.05) is 25.2 Å². The van der Waals surface area contributed by atoms with Gasteiger partial charge in [-0.1, -0.05) is 18.2 Å². The fourth-order valence-corrected chi connectivity index (χ4v) is 4.05. The number of nitrogens with one attached hydrogen (secondary N) is 1. The topological polar surface area (TPSA) is 69.7 Å². The first-order chi connectivity index (χ1) is 13.4. The standard InChI is InChI=1S/C21H29N3O3S/c1-4-24(28(26,27)5-2)20-14-12-18(13-15-20)21(25)22-16-9-17-23(3)19-10-7-6-8-11-19/h6-8,10-15H,4-5,9,16-17H2,1-3H3,(H,22,25). The van der Waals surface area contributed by atoms with E-state index in [4.69, 9.17) is 0 Å². The first-order valence-electron chi connectivity index (χ1n) is 9.54. The van der Waals surface area contributed by atoms with Gasteiger partial charge in [0.05, 0.1) is 11.4 Å². The van der Waals surface area contributed by atoms with E-state index < -0.39 is 10.0 Å². The highest BCUT2D eigenvalue weighted by Gasteiger charge is 2.18. The quantitative estimate of drug-likeness (QED) is 0.619. The highest BCUT2D eigenvalue weighted by Crippen LogP contribution is 2.19. The molecule has 0 saturated carbocycles. The van der Waals surface area contributed by atoms with Crippen LogP contribution in [0.4, 0.5) is 11.4 Å². The molecule has 1 amide bonds. The summed E-state index contributed by atoms with van der Waals surface area (Å²) in [5, 5.41) is 2.91. The Morgan fingerprint density at radius 3 is 2.18 bits per heavy atom. The maximum Gasteiger partial charge on any atom is 0.251 e. The number of carbonyl (C=O) groups is 1. The molecule has 0 heterocycles. The maximum atomic E-state index is 12.3. The van der Waals surface area contributed by atoms with Gasteiger partial charge in [-0.05, 0) is 56.7 Å². The summed E-state index contributed by atoms with van der Waals surface area (Å²) in [5.41, 5.74) is 2.24. The summed E-state index contributed by atoms with van der Waals surface area (Å²) in [5.74, 6) is -0.115. The molecule has 2 aromatic carbocycles. The Balaban J connectivity index is 1.86. The second-order valence-corrected chi connectivity index (χ2v) is 8.66. The average Bonchev–Trinajstić information content (AvgIpc) is 2.72. The number of nitrogens with zero attached hydrogens (tertiary/aromatic N) is 2. The van der Waals surface area contributed by atoms with Crippen molar-refractivity contribution >= 4 is 27.3 Å². The number of para-hydroxylation sites is 1. The molecular formula is C21H29N3O3S. The predicted molar refractivity (Wildman–Crippen MR) is 116 cm³/mol. The molecule has 0 unspecified atom stereocenters. The molecule has 0 atom stereocenters. The molecule has 28 heavy (non-hydrogen) atoms. The van der Waals surface area contributed by atoms with Crippen molar-refractivity contribution in [2.45, 2.75) is 20.3 Å². The number of anilines is 2. The maximum absolute atomic E-state index is 12.3. The Hall–Kier alpha value is -2.54. The van der Waals surface area contributed by atoms with Crippen molar-refractivity contribution in [1.29, 1.82) is 0 Å². The Morgan fingerprint density at radius 1 is 0.964 bits per heavy atom. The molecule has 0 fully saturated rings. The van der Waals surface area contributed by atoms with Crippen LogP contribution in [0.3, 0.4) is 0 Å². The van der Waals surface area contributed by atoms with E-state index in [9.17, 15) is 13.2 Å². The van der Waals surface area contributed by atoms with Gasteiger partial charge in [0.1, 0.15) is 0 Å². The van der Waals surface area contributed by atoms with E-state index in [-0.39, 0.29) is 11.7 Å². The molecule has 2 rings (SSSR count). The number of hydrogen-bond acceptors (Lipinski definition) is 4. The zero-order valence-corrected chi connectivity index (χ0v) is 17.6. The molecule has 0 bridgehead atoms. The van der Waals surface area contributed by atoms with Crippen LogP contribution in [0.25, 0.3) is 0 Å². The van der Waals surface area contributed by atoms with E-state index in [1.54, 1.807) is 38.1 Å². The minimum absolute atomic E-state index is 0.0422. The van der Waals surface area contributed by atoms with Crippen LogP contribution in [0.15, 0.2) is 54.6 Å². The molecule has 0 aliphatic heterocycles. The van der Waals surface area contributed by atoms with Gasteiger partial charge in [-0.15, -0.1) is 0 Å². The molecular weight excluding hydrogens is 374 g/mol. The van der Waals surface area contributed by atoms with Gasteiger partial charge in [0.2, 0.25) is 10.0 Å². The lowest BCUT2D eigenvalue weighted by Gasteiger charge is -2.22. The Kier molecular flexibility index (Phi) is 7.87. The Labute approximate surface area is 168 Å². The average molecular weight is 404 g/mol. The molecule has 0 saturated heterocycles. The second-order valence-electron chi connectivity index (χ2n) is 6.48. The van der Waals surface area contributed by atoms with Crippen LogP contribution in [0.2, 0.25) is 0 Å². The van der Waals surface area contributed by atoms with Gasteiger partial charge in [0, 0.05) is 37.9 Å². The van der Waals surface area contributed by atoms with Gasteiger partial charge < -0.3 is 10.2 Å². The SMILES string of the molecule is CCN(c1ccc(C(=O)NCCCN(C)c2ccccc2)cc1)S(=O)(=O)CC. The summed E-state index contributed by atoms with van der Waals surface area (Å²) in [4.78, 5) is 14.5. The summed E-state index contributed by atoms with van der Waals surface area (Å²) < 4.78 is 25.6. The number of benzene rings is 2. The molecule has 0 radical (unpaired) electrons. The van der Waals surface area contributed by atoms with Crippen LogP contribution in [0.5, 0.6) is 0 Å². The van der Waals surface area contributed by atoms with Crippen LogP contribution >= 0.6 is 0 Å². The van der Waals surface area contributed by atoms with Crippen molar-refractivity contribution in [1.82, 2.24) is 5.32 Å². The molecule has 0 aromatic heterocycles. The van der Waals surface area contributed by atoms with Crippen molar-refractivity contribution in [2.75, 3.05) is 41.6 Å². The van der Waals surface area contributed by atoms with Gasteiger partial charge in [-0.25, -0.2) is 8.42 Å². The first-order valence-corrected chi connectivity index (χ1v) is 11.1. The van der Waals surface area contributed by atoms with Crippen molar-refractivity contribution < 1.29 is 13.2 Å². The Morgan fingerprint density at radius 2 is 1.61 bits per heavy atom. The zero-order valence-electron chi connectivity index (χ0n) is 16.8. The molecule has 7 heteroatoms. The molecule has 152 valence electrons. The number of rotatable bonds is 10. The van der Waals surface area contributed by atoms with Gasteiger partial charge in [-0.3, -0.25) is 9.10 Å². The third-order valence-corrected chi connectivity index (χ3v) is 6.43. The number of carbonyl (C=O) groups excluding carboxylic acids is 1. The van der Waals surface area contributed by atoms with Gasteiger partial charge in [-0.2, -0.15) is 0 Å². The van der Waals surface area contributed by atoms with E-state index in [1.165, 1.54) is 4.31 Å². The summed E-state index contributed by atoms with van der Waals surface area (Å²) in [7, 11) is -1.29. The summed E-state index contributed by atoms with van der Waals surface area (Å²) in [6.45, 7) is 5.18. The highest BCUT2D eigenvalue weighted by atomic mass is 32.2. The smallest absolute Gasteiger partial charge is 0.251 e. The third-order valence-electron chi connectivity index (χ3n) is 4.56. The van der Waals surface area contributed by atoms with Crippen LogP contribution in [0, 0.1) is 0 Å². The van der Waals surface area contributed by atoms with E-state index in [0.29, 0.717) is 24.3 Å². The first kappa shape index (κ1) is 21.8. The van der Waals surface area contributed by atoms with Gasteiger partial charge in [0.25, 0.3) is 5.91 Å². The lowest BCUT2D eigenvalue weighted by Crippen LogP contribution is -2.32. The van der Waals surface area contributed by atoms with Crippen molar-refractivity contribution in [3.63, 3.8) is 0 Å². The normalized spacial score (nSPS) is 11.1. The van der Waals surface area contributed by atoms with E-state index in [0.717, 1.165) is 18.7 Å². The van der Waals surface area contributed by atoms with Crippen LogP contribution in [-0.4, -0.2) is 46.8 Å². The molecule has 2 aromatic rings. The molecule has 0 aliphatic carbocycles. The lowest BCUT2D eigenvalue weighted by atomic mass is 10.2. The molecule has 0 aliphatic rings. The highest BCUT2D eigenvalue weighted by molar-refractivity contribution is 7.92. The van der Waals surface area contributed by atoms with Crippen molar-refractivity contribution in [3.05, 3.63) is 60.2 Å². The van der Waals surface area contributed by atoms with Crippen molar-refractivity contribution in [2.24, 2.45) is 0 Å². The molecule has 0 spiro atoms. The van der Waals surface area contributed by atoms with Gasteiger partial charge in [0.15, 0.2) is 0 Å². The number of sulfonamides is 1. The predicted octanol–water partition coefficient (Wildman–Crippen LogP) is 3.12. The zero-order chi connectivity index (χ0) is 20.6. The molecule has 1 N–H and O–H groups in total. The summed E-state index contributed by atoms with van der Waals surface area (Å²) in [6, 6.07) is 16.8. The van der Waals surface area contributed by atoms with Crippen LogP contribution in [-0.2, 0) is 10.0 Å². The fraction of sp³-hybridized carbons (Fsp3) is 0.381. The van der Waals surface area contributed by atoms with E-state index in [2.05, 4.69) is 22.3 Å². The minimum Gasteiger partial charge on any atom is -0.375 e. The largest absolute Gasteiger partial charge is 0.375 e. The van der Waals surface area contributed by atoms with E-state index >= 15 is 0 Å². The minimum atomic E-state index is -3.32. The van der Waals surface area contributed by atoms with Crippen molar-refractivity contribution in [3.8, 4) is 0 Å². The summed E-state index contributed by atoms with van der Waals surface area (Å²) >= 11 is 0. The van der Waals surface area contributed by atoms with Gasteiger partial charge >= 0.3 is 0 Å².